The molecule has 0 spiro atoms. The van der Waals surface area contributed by atoms with Crippen LogP contribution in [0, 0.1) is 0 Å². The Morgan fingerprint density at radius 1 is 1.67 bits per heavy atom. The number of methoxy groups -OCH3 is 1. The summed E-state index contributed by atoms with van der Waals surface area (Å²) in [7, 11) is 1.24. The number of carbonyl (C=O) groups is 2. The summed E-state index contributed by atoms with van der Waals surface area (Å²) in [6.45, 7) is 1.14. The molecule has 0 unspecified atom stereocenters. The Kier molecular flexibility index (Phi) is 4.21. The Balaban J connectivity index is 2.41. The summed E-state index contributed by atoms with van der Waals surface area (Å²) in [6.07, 6.45) is 3.27. The molecule has 0 radical (unpaired) electrons. The van der Waals surface area contributed by atoms with Crippen LogP contribution in [0.15, 0.2) is 18.5 Å². The number of carbonyl (C=O) groups excluding carboxylic acids is 2. The average Bonchev–Trinajstić information content (AvgIpc) is 2.66. The number of amides is 1. The number of rotatable bonds is 5. The van der Waals surface area contributed by atoms with Gasteiger partial charge in [0.25, 0.3) is 0 Å². The van der Waals surface area contributed by atoms with Crippen LogP contribution in [0.25, 0.3) is 0 Å². The van der Waals surface area contributed by atoms with Crippen LogP contribution in [0.5, 0.6) is 5.75 Å². The monoisotopic (exact) mass is 212 g/mol. The van der Waals surface area contributed by atoms with E-state index in [1.165, 1.54) is 7.11 Å². The van der Waals surface area contributed by atoms with E-state index in [-0.39, 0.29) is 0 Å². The third kappa shape index (κ3) is 3.72. The molecule has 1 heterocycles. The van der Waals surface area contributed by atoms with Crippen molar-refractivity contribution in [3.63, 3.8) is 0 Å². The van der Waals surface area contributed by atoms with E-state index in [0.717, 1.165) is 0 Å². The fourth-order valence-electron chi connectivity index (χ4n) is 1.01. The highest BCUT2D eigenvalue weighted by Crippen LogP contribution is 2.11. The maximum absolute atomic E-state index is 10.7. The molecule has 0 aromatic carbocycles. The molecule has 1 aromatic heterocycles. The van der Waals surface area contributed by atoms with Gasteiger partial charge in [-0.15, -0.1) is 0 Å². The van der Waals surface area contributed by atoms with Gasteiger partial charge >= 0.3 is 6.16 Å². The molecule has 0 saturated carbocycles. The molecule has 6 nitrogen and oxygen atoms in total. The Morgan fingerprint density at radius 3 is 3.13 bits per heavy atom. The van der Waals surface area contributed by atoms with E-state index < -0.39 is 6.16 Å². The molecule has 0 saturated heterocycles. The summed E-state index contributed by atoms with van der Waals surface area (Å²) >= 11 is 0. The standard InChI is InChI=1S/C9H12N2O4/c1-14-9(13)15-8-2-4-11(6-8)5-3-10-7-12/h2,4,6-7H,3,5H2,1H3,(H,10,12). The van der Waals surface area contributed by atoms with E-state index in [2.05, 4.69) is 10.1 Å². The van der Waals surface area contributed by atoms with Crippen molar-refractivity contribution in [3.05, 3.63) is 18.5 Å². The number of nitrogens with zero attached hydrogens (tertiary/aromatic N) is 1. The fraction of sp³-hybridized carbons (Fsp3) is 0.333. The zero-order valence-electron chi connectivity index (χ0n) is 8.30. The predicted octanol–water partition coefficient (Wildman–Crippen LogP) is 0.379. The molecular weight excluding hydrogens is 200 g/mol. The first-order valence-electron chi connectivity index (χ1n) is 4.35. The minimum atomic E-state index is -0.751. The first-order valence-corrected chi connectivity index (χ1v) is 4.35. The molecule has 1 aromatic rings. The Hall–Kier alpha value is -1.98. The lowest BCUT2D eigenvalue weighted by Gasteiger charge is -2.01. The van der Waals surface area contributed by atoms with Gasteiger partial charge in [0.1, 0.15) is 0 Å². The summed E-state index contributed by atoms with van der Waals surface area (Å²) in [6, 6.07) is 1.64. The molecule has 82 valence electrons. The molecule has 1 N–H and O–H groups in total. The van der Waals surface area contributed by atoms with Crippen molar-refractivity contribution in [1.82, 2.24) is 9.88 Å². The molecule has 0 fully saturated rings. The van der Waals surface area contributed by atoms with Gasteiger partial charge in [-0.05, 0) is 6.07 Å². The van der Waals surface area contributed by atoms with Crippen LogP contribution >= 0.6 is 0 Å². The van der Waals surface area contributed by atoms with Gasteiger partial charge in [-0.25, -0.2) is 4.79 Å². The Bertz CT molecular complexity index is 335. The summed E-state index contributed by atoms with van der Waals surface area (Å²) in [5.41, 5.74) is 0. The molecule has 1 rings (SSSR count). The zero-order valence-corrected chi connectivity index (χ0v) is 8.30. The molecule has 6 heteroatoms. The van der Waals surface area contributed by atoms with Crippen LogP contribution in [0.1, 0.15) is 0 Å². The minimum absolute atomic E-state index is 0.410. The molecule has 1 amide bonds. The number of nitrogens with one attached hydrogen (secondary N) is 1. The molecule has 0 aliphatic carbocycles. The van der Waals surface area contributed by atoms with Crippen molar-refractivity contribution in [2.75, 3.05) is 13.7 Å². The van der Waals surface area contributed by atoms with Gasteiger partial charge in [-0.1, -0.05) is 0 Å². The van der Waals surface area contributed by atoms with Crippen molar-refractivity contribution in [3.8, 4) is 5.75 Å². The maximum Gasteiger partial charge on any atom is 0.513 e. The lowest BCUT2D eigenvalue weighted by atomic mass is 10.6. The van der Waals surface area contributed by atoms with Crippen LogP contribution < -0.4 is 10.1 Å². The van der Waals surface area contributed by atoms with Gasteiger partial charge in [0.05, 0.1) is 7.11 Å². The first-order chi connectivity index (χ1) is 7.26. The van der Waals surface area contributed by atoms with E-state index in [4.69, 9.17) is 4.74 Å². The van der Waals surface area contributed by atoms with E-state index in [9.17, 15) is 9.59 Å². The second-order valence-corrected chi connectivity index (χ2v) is 2.71. The van der Waals surface area contributed by atoms with Crippen molar-refractivity contribution in [2.45, 2.75) is 6.54 Å². The maximum atomic E-state index is 10.7. The van der Waals surface area contributed by atoms with Crippen molar-refractivity contribution < 1.29 is 19.1 Å². The van der Waals surface area contributed by atoms with E-state index in [0.29, 0.717) is 25.2 Å². The van der Waals surface area contributed by atoms with E-state index >= 15 is 0 Å². The van der Waals surface area contributed by atoms with E-state index in [1.807, 2.05) is 0 Å². The number of ether oxygens (including phenoxy) is 2. The molecular formula is C9H12N2O4. The molecule has 0 atom stereocenters. The number of hydrogen-bond acceptors (Lipinski definition) is 4. The van der Waals surface area contributed by atoms with Gasteiger partial charge in [0.2, 0.25) is 6.41 Å². The summed E-state index contributed by atoms with van der Waals surface area (Å²) < 4.78 is 10.9. The predicted molar refractivity (Wildman–Crippen MR) is 51.5 cm³/mol. The van der Waals surface area contributed by atoms with Gasteiger partial charge in [0, 0.05) is 25.5 Å². The molecule has 15 heavy (non-hydrogen) atoms. The summed E-state index contributed by atoms with van der Waals surface area (Å²) in [5, 5.41) is 2.52. The average molecular weight is 212 g/mol. The largest absolute Gasteiger partial charge is 0.513 e. The quantitative estimate of drug-likeness (QED) is 0.435. The minimum Gasteiger partial charge on any atom is -0.437 e. The third-order valence-electron chi connectivity index (χ3n) is 1.69. The van der Waals surface area contributed by atoms with Gasteiger partial charge in [0.15, 0.2) is 5.75 Å². The number of hydrogen-bond donors (Lipinski definition) is 1. The normalized spacial score (nSPS) is 9.40. The van der Waals surface area contributed by atoms with Crippen molar-refractivity contribution >= 4 is 12.6 Å². The smallest absolute Gasteiger partial charge is 0.437 e. The highest BCUT2D eigenvalue weighted by atomic mass is 16.7. The van der Waals surface area contributed by atoms with Crippen LogP contribution in [0.3, 0.4) is 0 Å². The van der Waals surface area contributed by atoms with Crippen molar-refractivity contribution in [1.29, 1.82) is 0 Å². The van der Waals surface area contributed by atoms with Gasteiger partial charge in [-0.3, -0.25) is 4.79 Å². The van der Waals surface area contributed by atoms with Crippen LogP contribution in [-0.2, 0) is 16.1 Å². The highest BCUT2D eigenvalue weighted by Gasteiger charge is 2.04. The Morgan fingerprint density at radius 2 is 2.47 bits per heavy atom. The van der Waals surface area contributed by atoms with Crippen molar-refractivity contribution in [2.24, 2.45) is 0 Å². The molecule has 0 aliphatic heterocycles. The van der Waals surface area contributed by atoms with Gasteiger partial charge in [-0.2, -0.15) is 0 Å². The number of aromatic nitrogens is 1. The van der Waals surface area contributed by atoms with Crippen LogP contribution in [-0.4, -0.2) is 30.8 Å². The SMILES string of the molecule is COC(=O)Oc1ccn(CCNC=O)c1. The van der Waals surface area contributed by atoms with Crippen LogP contribution in [0.4, 0.5) is 4.79 Å². The summed E-state index contributed by atoms with van der Waals surface area (Å²) in [4.78, 5) is 20.7. The zero-order chi connectivity index (χ0) is 11.1. The second-order valence-electron chi connectivity index (χ2n) is 2.71. The van der Waals surface area contributed by atoms with Gasteiger partial charge < -0.3 is 19.4 Å². The third-order valence-corrected chi connectivity index (χ3v) is 1.69. The second kappa shape index (κ2) is 5.69. The molecule has 0 bridgehead atoms. The lowest BCUT2D eigenvalue weighted by molar-refractivity contribution is -0.109. The first kappa shape index (κ1) is 11.1. The van der Waals surface area contributed by atoms with E-state index in [1.54, 1.807) is 23.0 Å². The highest BCUT2D eigenvalue weighted by molar-refractivity contribution is 5.63. The molecule has 0 aliphatic rings. The fourth-order valence-corrected chi connectivity index (χ4v) is 1.01. The lowest BCUT2D eigenvalue weighted by Crippen LogP contribution is -2.17. The van der Waals surface area contributed by atoms with Crippen LogP contribution in [0.2, 0.25) is 0 Å². The Labute approximate surface area is 86.8 Å². The summed E-state index contributed by atoms with van der Waals surface area (Å²) in [5.74, 6) is 0.410. The topological polar surface area (TPSA) is 69.6 Å².